The van der Waals surface area contributed by atoms with Gasteiger partial charge in [0.05, 0.1) is 23.4 Å². The molecule has 0 radical (unpaired) electrons. The van der Waals surface area contributed by atoms with Gasteiger partial charge < -0.3 is 10.6 Å². The summed E-state index contributed by atoms with van der Waals surface area (Å²) < 4.78 is 13.5. The van der Waals surface area contributed by atoms with Gasteiger partial charge in [-0.1, -0.05) is 0 Å². The number of nitrogens with zero attached hydrogens (tertiary/aromatic N) is 1. The van der Waals surface area contributed by atoms with Gasteiger partial charge in [-0.25, -0.2) is 9.37 Å². The Hall–Kier alpha value is -1.95. The van der Waals surface area contributed by atoms with E-state index in [4.69, 9.17) is 0 Å². The van der Waals surface area contributed by atoms with E-state index in [-0.39, 0.29) is 11.7 Å². The number of rotatable bonds is 4. The van der Waals surface area contributed by atoms with E-state index in [0.717, 1.165) is 5.69 Å². The largest absolute Gasteiger partial charge is 0.377 e. The Balaban J connectivity index is 2.08. The molecule has 0 unspecified atom stereocenters. The smallest absolute Gasteiger partial charge is 0.221 e. The van der Waals surface area contributed by atoms with E-state index in [0.29, 0.717) is 17.9 Å². The summed E-state index contributed by atoms with van der Waals surface area (Å²) in [7, 11) is 0. The number of amides is 1. The van der Waals surface area contributed by atoms with Crippen LogP contribution in [0.25, 0.3) is 0 Å². The summed E-state index contributed by atoms with van der Waals surface area (Å²) in [6.45, 7) is 1.86. The molecular formula is C12H12FN3OS. The highest BCUT2D eigenvalue weighted by molar-refractivity contribution is 7.07. The first-order valence-corrected chi connectivity index (χ1v) is 6.27. The highest BCUT2D eigenvalue weighted by Crippen LogP contribution is 2.20. The van der Waals surface area contributed by atoms with Crippen LogP contribution >= 0.6 is 11.3 Å². The molecule has 2 N–H and O–H groups in total. The van der Waals surface area contributed by atoms with Crippen LogP contribution in [0, 0.1) is 5.82 Å². The lowest BCUT2D eigenvalue weighted by Gasteiger charge is -2.09. The lowest BCUT2D eigenvalue weighted by atomic mass is 10.2. The van der Waals surface area contributed by atoms with E-state index in [1.165, 1.54) is 30.4 Å². The first kappa shape index (κ1) is 12.5. The average Bonchev–Trinajstić information content (AvgIpc) is 2.82. The van der Waals surface area contributed by atoms with Crippen molar-refractivity contribution in [2.45, 2.75) is 13.5 Å². The zero-order valence-electron chi connectivity index (χ0n) is 9.74. The fourth-order valence-corrected chi connectivity index (χ4v) is 2.01. The molecule has 4 nitrogen and oxygen atoms in total. The maximum absolute atomic E-state index is 13.5. The van der Waals surface area contributed by atoms with E-state index < -0.39 is 0 Å². The minimum atomic E-state index is -0.362. The third-order valence-electron chi connectivity index (χ3n) is 2.23. The quantitative estimate of drug-likeness (QED) is 0.893. The van der Waals surface area contributed by atoms with E-state index in [2.05, 4.69) is 15.6 Å². The lowest BCUT2D eigenvalue weighted by molar-refractivity contribution is -0.114. The second-order valence-corrected chi connectivity index (χ2v) is 4.43. The fourth-order valence-electron chi connectivity index (χ4n) is 1.45. The molecule has 6 heteroatoms. The minimum absolute atomic E-state index is 0.188. The van der Waals surface area contributed by atoms with Gasteiger partial charge in [-0.05, 0) is 18.2 Å². The molecule has 1 aromatic carbocycles. The van der Waals surface area contributed by atoms with Crippen molar-refractivity contribution in [2.75, 3.05) is 10.6 Å². The highest BCUT2D eigenvalue weighted by atomic mass is 32.1. The van der Waals surface area contributed by atoms with Gasteiger partial charge in [0, 0.05) is 18.0 Å². The molecule has 94 valence electrons. The minimum Gasteiger partial charge on any atom is -0.377 e. The molecule has 0 saturated carbocycles. The zero-order valence-corrected chi connectivity index (χ0v) is 10.6. The Kier molecular flexibility index (Phi) is 3.88. The first-order chi connectivity index (χ1) is 8.65. The van der Waals surface area contributed by atoms with Crippen molar-refractivity contribution in [2.24, 2.45) is 0 Å². The Morgan fingerprint density at radius 3 is 3.00 bits per heavy atom. The van der Waals surface area contributed by atoms with Crippen molar-refractivity contribution in [3.63, 3.8) is 0 Å². The maximum atomic E-state index is 13.5. The van der Waals surface area contributed by atoms with Crippen molar-refractivity contribution >= 4 is 28.6 Å². The molecule has 2 aromatic rings. The number of anilines is 2. The summed E-state index contributed by atoms with van der Waals surface area (Å²) >= 11 is 1.49. The number of benzene rings is 1. The van der Waals surface area contributed by atoms with E-state index >= 15 is 0 Å². The Morgan fingerprint density at radius 2 is 2.33 bits per heavy atom. The lowest BCUT2D eigenvalue weighted by Crippen LogP contribution is -2.07. The summed E-state index contributed by atoms with van der Waals surface area (Å²) in [5.74, 6) is -0.550. The topological polar surface area (TPSA) is 54.0 Å². The molecule has 0 aliphatic rings. The highest BCUT2D eigenvalue weighted by Gasteiger charge is 2.05. The van der Waals surface area contributed by atoms with Crippen LogP contribution in [0.2, 0.25) is 0 Å². The number of hydrogen-bond acceptors (Lipinski definition) is 4. The number of thiazole rings is 1. The monoisotopic (exact) mass is 265 g/mol. The maximum Gasteiger partial charge on any atom is 0.221 e. The van der Waals surface area contributed by atoms with Crippen molar-refractivity contribution in [1.82, 2.24) is 4.98 Å². The summed E-state index contributed by atoms with van der Waals surface area (Å²) in [6.07, 6.45) is 0. The van der Waals surface area contributed by atoms with Gasteiger partial charge in [0.15, 0.2) is 0 Å². The number of aromatic nitrogens is 1. The molecule has 1 aromatic heterocycles. The predicted octanol–water partition coefficient (Wildman–Crippen LogP) is 2.85. The number of carbonyl (C=O) groups excluding carboxylic acids is 1. The third kappa shape index (κ3) is 3.27. The molecular weight excluding hydrogens is 253 g/mol. The first-order valence-electron chi connectivity index (χ1n) is 5.33. The van der Waals surface area contributed by atoms with Crippen molar-refractivity contribution in [1.29, 1.82) is 0 Å². The summed E-state index contributed by atoms with van der Waals surface area (Å²) in [6, 6.07) is 4.39. The van der Waals surface area contributed by atoms with Crippen LogP contribution in [-0.2, 0) is 11.3 Å². The number of nitrogens with one attached hydrogen (secondary N) is 2. The SMILES string of the molecule is CC(=O)Nc1ccc(F)c(NCc2cscn2)c1. The molecule has 0 atom stereocenters. The van der Waals surface area contributed by atoms with Crippen LogP contribution < -0.4 is 10.6 Å². The van der Waals surface area contributed by atoms with Gasteiger partial charge in [0.2, 0.25) is 5.91 Å². The Labute approximate surface area is 108 Å². The van der Waals surface area contributed by atoms with Gasteiger partial charge in [0.25, 0.3) is 0 Å². The number of halogens is 1. The average molecular weight is 265 g/mol. The number of hydrogen-bond donors (Lipinski definition) is 2. The molecule has 0 spiro atoms. The Bertz CT molecular complexity index is 542. The van der Waals surface area contributed by atoms with Gasteiger partial charge in [-0.3, -0.25) is 4.79 Å². The van der Waals surface area contributed by atoms with Gasteiger partial charge in [-0.15, -0.1) is 11.3 Å². The normalized spacial score (nSPS) is 10.1. The Morgan fingerprint density at radius 1 is 1.50 bits per heavy atom. The molecule has 1 heterocycles. The predicted molar refractivity (Wildman–Crippen MR) is 70.1 cm³/mol. The fraction of sp³-hybridized carbons (Fsp3) is 0.167. The second kappa shape index (κ2) is 5.59. The van der Waals surface area contributed by atoms with Gasteiger partial charge >= 0.3 is 0 Å². The van der Waals surface area contributed by atoms with E-state index in [1.807, 2.05) is 5.38 Å². The summed E-state index contributed by atoms with van der Waals surface area (Å²) in [4.78, 5) is 15.0. The molecule has 0 aliphatic heterocycles. The van der Waals surface area contributed by atoms with Crippen LogP contribution in [0.4, 0.5) is 15.8 Å². The third-order valence-corrected chi connectivity index (χ3v) is 2.87. The van der Waals surface area contributed by atoms with E-state index in [1.54, 1.807) is 11.6 Å². The number of carbonyl (C=O) groups is 1. The molecule has 18 heavy (non-hydrogen) atoms. The zero-order chi connectivity index (χ0) is 13.0. The van der Waals surface area contributed by atoms with Gasteiger partial charge in [0.1, 0.15) is 5.82 Å². The summed E-state index contributed by atoms with van der Waals surface area (Å²) in [5.41, 5.74) is 3.48. The van der Waals surface area contributed by atoms with Crippen LogP contribution in [-0.4, -0.2) is 10.9 Å². The molecule has 0 saturated heterocycles. The molecule has 2 rings (SSSR count). The van der Waals surface area contributed by atoms with Crippen LogP contribution in [0.5, 0.6) is 0 Å². The van der Waals surface area contributed by atoms with Crippen molar-refractivity contribution in [3.05, 3.63) is 40.6 Å². The van der Waals surface area contributed by atoms with Crippen molar-refractivity contribution in [3.8, 4) is 0 Å². The molecule has 1 amide bonds. The molecule has 0 fully saturated rings. The van der Waals surface area contributed by atoms with Gasteiger partial charge in [-0.2, -0.15) is 0 Å². The van der Waals surface area contributed by atoms with E-state index in [9.17, 15) is 9.18 Å². The summed E-state index contributed by atoms with van der Waals surface area (Å²) in [5, 5.41) is 7.44. The molecule has 0 aliphatic carbocycles. The standard InChI is InChI=1S/C12H12FN3OS/c1-8(17)16-9-2-3-11(13)12(4-9)14-5-10-6-18-7-15-10/h2-4,6-7,14H,5H2,1H3,(H,16,17). The van der Waals surface area contributed by atoms with Crippen LogP contribution in [0.3, 0.4) is 0 Å². The second-order valence-electron chi connectivity index (χ2n) is 3.71. The van der Waals surface area contributed by atoms with Crippen LogP contribution in [0.15, 0.2) is 29.1 Å². The van der Waals surface area contributed by atoms with Crippen LogP contribution in [0.1, 0.15) is 12.6 Å². The van der Waals surface area contributed by atoms with Crippen molar-refractivity contribution < 1.29 is 9.18 Å². The molecule has 0 bridgehead atoms.